The molecule has 168 valence electrons. The van der Waals surface area contributed by atoms with E-state index in [1.165, 1.54) is 37.8 Å². The van der Waals surface area contributed by atoms with Gasteiger partial charge in [-0.05, 0) is 55.9 Å². The second-order valence-electron chi connectivity index (χ2n) is 8.65. The van der Waals surface area contributed by atoms with Crippen molar-refractivity contribution in [3.8, 4) is 0 Å². The molecule has 2 fully saturated rings. The second kappa shape index (κ2) is 10.3. The number of rotatable bonds is 9. The first-order valence-corrected chi connectivity index (χ1v) is 11.0. The van der Waals surface area contributed by atoms with E-state index in [4.69, 9.17) is 14.2 Å². The molecule has 1 saturated heterocycles. The highest BCUT2D eigenvalue weighted by molar-refractivity contribution is 5.27. The van der Waals surface area contributed by atoms with Crippen LogP contribution in [0.25, 0.3) is 0 Å². The maximum Gasteiger partial charge on any atom is 0.387 e. The van der Waals surface area contributed by atoms with Crippen molar-refractivity contribution in [1.29, 1.82) is 0 Å². The molecule has 0 N–H and O–H groups in total. The molecule has 1 heterocycles. The lowest BCUT2D eigenvalue weighted by Gasteiger charge is -2.35. The molecule has 1 aromatic carbocycles. The maximum atomic E-state index is 14.6. The first-order chi connectivity index (χ1) is 14.3. The average Bonchev–Trinajstić information content (AvgIpc) is 2.75. The Morgan fingerprint density at radius 2 is 1.77 bits per heavy atom. The molecule has 3 rings (SSSR count). The summed E-state index contributed by atoms with van der Waals surface area (Å²) in [7, 11) is 0. The standard InChI is InChI=1S/C24H33F3O3/c1-3-5-15-23(25)16-28-22(29-17-23)30-24(26,27)21-13-11-20(12-14-21)19-9-7-18(6-4-2)8-10-19/h3,11-14,18-19,22H,1,4-10,15-17H2,2H3. The Morgan fingerprint density at radius 3 is 2.33 bits per heavy atom. The van der Waals surface area contributed by atoms with E-state index in [1.807, 2.05) is 0 Å². The zero-order valence-electron chi connectivity index (χ0n) is 17.8. The molecule has 1 aliphatic heterocycles. The molecule has 1 aromatic rings. The smallest absolute Gasteiger partial charge is 0.326 e. The first-order valence-electron chi connectivity index (χ1n) is 11.0. The predicted molar refractivity (Wildman–Crippen MR) is 110 cm³/mol. The molecule has 30 heavy (non-hydrogen) atoms. The first kappa shape index (κ1) is 23.3. The van der Waals surface area contributed by atoms with E-state index in [1.54, 1.807) is 18.2 Å². The summed E-state index contributed by atoms with van der Waals surface area (Å²) in [6, 6.07) is 6.34. The molecule has 6 heteroatoms. The van der Waals surface area contributed by atoms with E-state index in [9.17, 15) is 13.2 Å². The molecular weight excluding hydrogens is 393 g/mol. The Morgan fingerprint density at radius 1 is 1.13 bits per heavy atom. The Hall–Kier alpha value is -1.37. The third kappa shape index (κ3) is 6.08. The summed E-state index contributed by atoms with van der Waals surface area (Å²) < 4.78 is 58.4. The van der Waals surface area contributed by atoms with Crippen LogP contribution in [0.1, 0.15) is 75.3 Å². The van der Waals surface area contributed by atoms with Crippen LogP contribution < -0.4 is 0 Å². The SMILES string of the molecule is C=CCCC1(F)COC(OC(F)(F)c2ccc(C3CCC(CCC)CC3)cc2)OC1. The van der Waals surface area contributed by atoms with Gasteiger partial charge in [0.2, 0.25) is 0 Å². The monoisotopic (exact) mass is 426 g/mol. The maximum absolute atomic E-state index is 14.6. The summed E-state index contributed by atoms with van der Waals surface area (Å²) in [5.41, 5.74) is -0.873. The normalized spacial score (nSPS) is 30.2. The van der Waals surface area contributed by atoms with Gasteiger partial charge >= 0.3 is 6.11 Å². The second-order valence-corrected chi connectivity index (χ2v) is 8.65. The van der Waals surface area contributed by atoms with Crippen LogP contribution in [-0.4, -0.2) is 25.4 Å². The average molecular weight is 427 g/mol. The van der Waals surface area contributed by atoms with Gasteiger partial charge in [0, 0.05) is 0 Å². The van der Waals surface area contributed by atoms with E-state index < -0.39 is 18.3 Å². The quantitative estimate of drug-likeness (QED) is 0.405. The van der Waals surface area contributed by atoms with Gasteiger partial charge in [-0.25, -0.2) is 4.39 Å². The van der Waals surface area contributed by atoms with Crippen molar-refractivity contribution in [2.45, 2.75) is 82.5 Å². The van der Waals surface area contributed by atoms with Crippen LogP contribution in [0, 0.1) is 5.92 Å². The topological polar surface area (TPSA) is 27.7 Å². The summed E-state index contributed by atoms with van der Waals surface area (Å²) in [4.78, 5) is 0. The van der Waals surface area contributed by atoms with Gasteiger partial charge in [-0.3, -0.25) is 4.74 Å². The fraction of sp³-hybridized carbons (Fsp3) is 0.667. The number of allylic oxidation sites excluding steroid dienone is 1. The number of alkyl halides is 3. The van der Waals surface area contributed by atoms with Crippen LogP contribution >= 0.6 is 0 Å². The molecule has 0 amide bonds. The van der Waals surface area contributed by atoms with Gasteiger partial charge in [0.05, 0.1) is 18.8 Å². The van der Waals surface area contributed by atoms with Crippen molar-refractivity contribution in [1.82, 2.24) is 0 Å². The highest BCUT2D eigenvalue weighted by Crippen LogP contribution is 2.39. The van der Waals surface area contributed by atoms with E-state index in [0.717, 1.165) is 24.3 Å². The molecule has 2 aliphatic rings. The van der Waals surface area contributed by atoms with E-state index in [0.29, 0.717) is 12.3 Å². The minimum atomic E-state index is -3.58. The Labute approximate surface area is 177 Å². The van der Waals surface area contributed by atoms with Crippen LogP contribution in [0.2, 0.25) is 0 Å². The Bertz CT molecular complexity index is 661. The van der Waals surface area contributed by atoms with Crippen LogP contribution in [-0.2, 0) is 20.3 Å². The molecule has 0 atom stereocenters. The van der Waals surface area contributed by atoms with Gasteiger partial charge < -0.3 is 9.47 Å². The van der Waals surface area contributed by atoms with Crippen molar-refractivity contribution in [2.24, 2.45) is 5.92 Å². The molecule has 0 spiro atoms. The molecule has 0 radical (unpaired) electrons. The third-order valence-corrected chi connectivity index (χ3v) is 6.26. The fourth-order valence-corrected chi connectivity index (χ4v) is 4.43. The van der Waals surface area contributed by atoms with Gasteiger partial charge in [0.15, 0.2) is 5.67 Å². The largest absolute Gasteiger partial charge is 0.387 e. The van der Waals surface area contributed by atoms with Crippen molar-refractivity contribution >= 4 is 0 Å². The molecule has 1 saturated carbocycles. The molecular formula is C24H33F3O3. The van der Waals surface area contributed by atoms with Crippen molar-refractivity contribution in [3.05, 3.63) is 48.0 Å². The van der Waals surface area contributed by atoms with Crippen molar-refractivity contribution in [3.63, 3.8) is 0 Å². The highest BCUT2D eigenvalue weighted by Gasteiger charge is 2.42. The van der Waals surface area contributed by atoms with E-state index in [2.05, 4.69) is 13.5 Å². The number of hydrogen-bond acceptors (Lipinski definition) is 3. The predicted octanol–water partition coefficient (Wildman–Crippen LogP) is 6.83. The minimum Gasteiger partial charge on any atom is -0.326 e. The van der Waals surface area contributed by atoms with Crippen molar-refractivity contribution in [2.75, 3.05) is 13.2 Å². The number of ether oxygens (including phenoxy) is 3. The number of hydrogen-bond donors (Lipinski definition) is 0. The lowest BCUT2D eigenvalue weighted by Crippen LogP contribution is -2.46. The number of benzene rings is 1. The van der Waals surface area contributed by atoms with Gasteiger partial charge in [-0.1, -0.05) is 50.1 Å². The summed E-state index contributed by atoms with van der Waals surface area (Å²) in [5, 5.41) is 0. The molecule has 0 aromatic heterocycles. The highest BCUT2D eigenvalue weighted by atomic mass is 19.3. The third-order valence-electron chi connectivity index (χ3n) is 6.26. The minimum absolute atomic E-state index is 0.168. The van der Waals surface area contributed by atoms with E-state index in [-0.39, 0.29) is 25.2 Å². The van der Waals surface area contributed by atoms with Crippen LogP contribution in [0.15, 0.2) is 36.9 Å². The molecule has 1 aliphatic carbocycles. The van der Waals surface area contributed by atoms with Gasteiger partial charge in [0.1, 0.15) is 0 Å². The lowest BCUT2D eigenvalue weighted by atomic mass is 9.77. The van der Waals surface area contributed by atoms with Crippen molar-refractivity contribution < 1.29 is 27.4 Å². The molecule has 0 unspecified atom stereocenters. The van der Waals surface area contributed by atoms with Gasteiger partial charge in [0.25, 0.3) is 6.48 Å². The molecule has 3 nitrogen and oxygen atoms in total. The summed E-state index contributed by atoms with van der Waals surface area (Å²) >= 11 is 0. The van der Waals surface area contributed by atoms with Crippen LogP contribution in [0.5, 0.6) is 0 Å². The summed E-state index contributed by atoms with van der Waals surface area (Å²) in [6.45, 7) is 3.47. The number of halogens is 3. The fourth-order valence-electron chi connectivity index (χ4n) is 4.43. The summed E-state index contributed by atoms with van der Waals surface area (Å²) in [5.74, 6) is 1.23. The zero-order valence-corrected chi connectivity index (χ0v) is 17.8. The Balaban J connectivity index is 1.52. The van der Waals surface area contributed by atoms with Crippen LogP contribution in [0.3, 0.4) is 0 Å². The zero-order chi connectivity index (χ0) is 21.6. The van der Waals surface area contributed by atoms with Gasteiger partial charge in [-0.15, -0.1) is 6.58 Å². The van der Waals surface area contributed by atoms with Gasteiger partial charge in [-0.2, -0.15) is 8.78 Å². The Kier molecular flexibility index (Phi) is 7.99. The molecule has 0 bridgehead atoms. The van der Waals surface area contributed by atoms with Crippen LogP contribution in [0.4, 0.5) is 13.2 Å². The van der Waals surface area contributed by atoms with E-state index >= 15 is 0 Å². The summed E-state index contributed by atoms with van der Waals surface area (Å²) in [6.07, 6.45) is 5.76. The lowest BCUT2D eigenvalue weighted by molar-refractivity contribution is -0.419.